The van der Waals surface area contributed by atoms with Crippen molar-refractivity contribution in [2.24, 2.45) is 0 Å². The predicted octanol–water partition coefficient (Wildman–Crippen LogP) is 2.77. The Hall–Kier alpha value is -1.34. The topological polar surface area (TPSA) is 75.5 Å². The van der Waals surface area contributed by atoms with Crippen LogP contribution < -0.4 is 0 Å². The lowest BCUT2D eigenvalue weighted by molar-refractivity contribution is -0.387. The van der Waals surface area contributed by atoms with Gasteiger partial charge in [-0.3, -0.25) is 14.7 Å². The molecule has 0 N–H and O–H groups in total. The first kappa shape index (κ1) is 15.6. The monoisotopic (exact) mass is 329 g/mol. The molecule has 2 heterocycles. The van der Waals surface area contributed by atoms with Gasteiger partial charge in [0, 0.05) is 31.2 Å². The molecule has 120 valence electrons. The van der Waals surface area contributed by atoms with E-state index in [9.17, 15) is 19.1 Å². The average Bonchev–Trinajstić information content (AvgIpc) is 3.34. The second-order valence-electron chi connectivity index (χ2n) is 5.75. The fourth-order valence-corrected chi connectivity index (χ4v) is 5.19. The molecule has 7 nitrogen and oxygen atoms in total. The Morgan fingerprint density at radius 3 is 2.32 bits per heavy atom. The summed E-state index contributed by atoms with van der Waals surface area (Å²) in [6, 6.07) is 4.00. The lowest BCUT2D eigenvalue weighted by Gasteiger charge is -2.21. The van der Waals surface area contributed by atoms with Gasteiger partial charge < -0.3 is 4.52 Å². The van der Waals surface area contributed by atoms with E-state index in [1.807, 2.05) is 13.8 Å². The molecule has 0 amide bonds. The smallest absolute Gasteiger partial charge is 0.301 e. The molecule has 0 spiro atoms. The molecule has 1 aromatic rings. The predicted molar refractivity (Wildman–Crippen MR) is 77.8 cm³/mol. The molecule has 2 aliphatic heterocycles. The van der Waals surface area contributed by atoms with Crippen LogP contribution in [-0.4, -0.2) is 39.4 Å². The van der Waals surface area contributed by atoms with Gasteiger partial charge >= 0.3 is 13.4 Å². The Labute approximate surface area is 127 Å². The fourth-order valence-electron chi connectivity index (χ4n) is 2.39. The van der Waals surface area contributed by atoms with E-state index in [1.54, 1.807) is 9.34 Å². The number of hydrogen-bond donors (Lipinski definition) is 0. The van der Waals surface area contributed by atoms with Gasteiger partial charge in [0.25, 0.3) is 0 Å². The minimum absolute atomic E-state index is 0.0430. The van der Waals surface area contributed by atoms with Crippen LogP contribution in [0.2, 0.25) is 0 Å². The van der Waals surface area contributed by atoms with Crippen LogP contribution in [0.25, 0.3) is 0 Å². The minimum atomic E-state index is -3.05. The van der Waals surface area contributed by atoms with Crippen molar-refractivity contribution >= 4 is 13.4 Å². The molecule has 0 aliphatic carbocycles. The molecule has 9 heteroatoms. The van der Waals surface area contributed by atoms with Crippen LogP contribution in [0.15, 0.2) is 18.2 Å². The van der Waals surface area contributed by atoms with Gasteiger partial charge in [0.15, 0.2) is 0 Å². The first-order valence-corrected chi connectivity index (χ1v) is 8.57. The van der Waals surface area contributed by atoms with Crippen LogP contribution in [0.5, 0.6) is 0 Å². The van der Waals surface area contributed by atoms with E-state index in [4.69, 9.17) is 4.52 Å². The molecule has 1 aromatic carbocycles. The third-order valence-corrected chi connectivity index (χ3v) is 6.79. The molecule has 4 unspecified atom stereocenters. The number of nitro groups is 1. The summed E-state index contributed by atoms with van der Waals surface area (Å²) in [5.41, 5.74) is -0.154. The minimum Gasteiger partial charge on any atom is -0.301 e. The number of nitro benzene ring substituents is 1. The van der Waals surface area contributed by atoms with E-state index in [0.29, 0.717) is 5.56 Å². The van der Waals surface area contributed by atoms with E-state index < -0.39 is 24.1 Å². The van der Waals surface area contributed by atoms with Crippen molar-refractivity contribution in [1.29, 1.82) is 0 Å². The van der Waals surface area contributed by atoms with E-state index in [0.717, 1.165) is 25.2 Å². The molecule has 0 aromatic heterocycles. The van der Waals surface area contributed by atoms with Gasteiger partial charge in [-0.25, -0.2) is 9.34 Å². The second-order valence-corrected chi connectivity index (χ2v) is 8.02. The zero-order chi connectivity index (χ0) is 16.1. The molecule has 4 atom stereocenters. The molecule has 0 radical (unpaired) electrons. The van der Waals surface area contributed by atoms with Crippen LogP contribution in [-0.2, 0) is 15.7 Å². The van der Waals surface area contributed by atoms with Crippen molar-refractivity contribution in [3.63, 3.8) is 0 Å². The number of rotatable bonds is 6. The fraction of sp³-hybridized carbons (Fsp3) is 0.538. The quantitative estimate of drug-likeness (QED) is 0.346. The van der Waals surface area contributed by atoms with Crippen molar-refractivity contribution in [2.75, 3.05) is 13.1 Å². The lowest BCUT2D eigenvalue weighted by Crippen LogP contribution is -2.11. The Morgan fingerprint density at radius 2 is 1.91 bits per heavy atom. The van der Waals surface area contributed by atoms with Gasteiger partial charge in [-0.2, -0.15) is 4.39 Å². The maximum atomic E-state index is 13.6. The van der Waals surface area contributed by atoms with Gasteiger partial charge in [0.2, 0.25) is 5.82 Å². The van der Waals surface area contributed by atoms with Crippen molar-refractivity contribution in [1.82, 2.24) is 9.34 Å². The van der Waals surface area contributed by atoms with E-state index in [-0.39, 0.29) is 18.7 Å². The SMILES string of the molecule is CC1CN1P(=O)(OCc1ccc([N+](=O)[O-])c(F)c1)N1CC1C. The van der Waals surface area contributed by atoms with Crippen molar-refractivity contribution in [3.05, 3.63) is 39.7 Å². The second kappa shape index (κ2) is 5.38. The van der Waals surface area contributed by atoms with Gasteiger partial charge in [-0.05, 0) is 31.5 Å². The zero-order valence-corrected chi connectivity index (χ0v) is 13.2. The van der Waals surface area contributed by atoms with Gasteiger partial charge in [0.1, 0.15) is 0 Å². The standard InChI is InChI=1S/C13H17FN3O4P/c1-9-6-15(9)22(20,16-7-10(16)2)21-8-11-3-4-13(17(18)19)12(14)5-11/h3-5,9-10H,6-8H2,1-2H3. The summed E-state index contributed by atoms with van der Waals surface area (Å²) < 4.78 is 35.9. The van der Waals surface area contributed by atoms with Crippen LogP contribution in [0, 0.1) is 15.9 Å². The number of hydrogen-bond acceptors (Lipinski definition) is 4. The van der Waals surface area contributed by atoms with Gasteiger partial charge in [0.05, 0.1) is 11.5 Å². The summed E-state index contributed by atoms with van der Waals surface area (Å²) in [7, 11) is -3.05. The van der Waals surface area contributed by atoms with Crippen molar-refractivity contribution in [3.8, 4) is 0 Å². The number of halogens is 1. The maximum Gasteiger partial charge on any atom is 0.347 e. The molecule has 2 saturated heterocycles. The highest BCUT2D eigenvalue weighted by molar-refractivity contribution is 7.54. The first-order chi connectivity index (χ1) is 10.3. The summed E-state index contributed by atoms with van der Waals surface area (Å²) in [6.07, 6.45) is 0. The first-order valence-electron chi connectivity index (χ1n) is 7.04. The summed E-state index contributed by atoms with van der Waals surface area (Å²) in [5, 5.41) is 10.6. The number of nitrogens with zero attached hydrogens (tertiary/aromatic N) is 3. The van der Waals surface area contributed by atoms with E-state index in [2.05, 4.69) is 0 Å². The van der Waals surface area contributed by atoms with Crippen molar-refractivity contribution < 1.29 is 18.4 Å². The highest BCUT2D eigenvalue weighted by Gasteiger charge is 2.56. The van der Waals surface area contributed by atoms with E-state index in [1.165, 1.54) is 6.07 Å². The molecule has 2 fully saturated rings. The Balaban J connectivity index is 1.72. The summed E-state index contributed by atoms with van der Waals surface area (Å²) in [4.78, 5) is 9.82. The molecular weight excluding hydrogens is 312 g/mol. The zero-order valence-electron chi connectivity index (χ0n) is 12.3. The van der Waals surface area contributed by atoms with Crippen LogP contribution >= 0.6 is 7.67 Å². The van der Waals surface area contributed by atoms with E-state index >= 15 is 0 Å². The third kappa shape index (κ3) is 2.79. The molecular formula is C13H17FN3O4P. The Kier molecular flexibility index (Phi) is 3.81. The van der Waals surface area contributed by atoms with Gasteiger partial charge in [-0.15, -0.1) is 0 Å². The van der Waals surface area contributed by atoms with Crippen LogP contribution in [0.3, 0.4) is 0 Å². The number of benzene rings is 1. The lowest BCUT2D eigenvalue weighted by atomic mass is 10.2. The summed E-state index contributed by atoms with van der Waals surface area (Å²) in [5.74, 6) is -0.916. The van der Waals surface area contributed by atoms with Crippen molar-refractivity contribution in [2.45, 2.75) is 32.5 Å². The van der Waals surface area contributed by atoms with Crippen LogP contribution in [0.1, 0.15) is 19.4 Å². The molecule has 3 rings (SSSR count). The maximum absolute atomic E-state index is 13.6. The molecule has 0 bridgehead atoms. The summed E-state index contributed by atoms with van der Waals surface area (Å²) in [6.45, 7) is 5.33. The average molecular weight is 329 g/mol. The highest BCUT2D eigenvalue weighted by Crippen LogP contribution is 2.65. The molecule has 0 saturated carbocycles. The molecule has 2 aliphatic rings. The normalized spacial score (nSPS) is 32.3. The van der Waals surface area contributed by atoms with Crippen LogP contribution in [0.4, 0.5) is 10.1 Å². The molecule has 22 heavy (non-hydrogen) atoms. The Morgan fingerprint density at radius 1 is 1.36 bits per heavy atom. The Bertz CT molecular complexity index is 651. The largest absolute Gasteiger partial charge is 0.347 e. The summed E-state index contributed by atoms with van der Waals surface area (Å²) >= 11 is 0. The van der Waals surface area contributed by atoms with Gasteiger partial charge in [-0.1, -0.05) is 0 Å². The third-order valence-electron chi connectivity index (χ3n) is 3.91. The highest BCUT2D eigenvalue weighted by atomic mass is 31.2.